The van der Waals surface area contributed by atoms with Crippen LogP contribution in [0.3, 0.4) is 0 Å². The Morgan fingerprint density at radius 2 is 1.93 bits per heavy atom. The Bertz CT molecular complexity index is 1070. The summed E-state index contributed by atoms with van der Waals surface area (Å²) >= 11 is 6.06. The third-order valence-corrected chi connectivity index (χ3v) is 5.90. The third-order valence-electron chi connectivity index (χ3n) is 5.57. The molecule has 4 amide bonds. The summed E-state index contributed by atoms with van der Waals surface area (Å²) in [6.45, 7) is 0.587. The molecule has 7 nitrogen and oxygen atoms in total. The number of hydrogen-bond donors (Lipinski definition) is 1. The van der Waals surface area contributed by atoms with Crippen molar-refractivity contribution < 1.29 is 19.2 Å². The van der Waals surface area contributed by atoms with Gasteiger partial charge in [-0.25, -0.2) is 0 Å². The number of likely N-dealkylation sites (tertiary alicyclic amines) is 1. The van der Waals surface area contributed by atoms with Gasteiger partial charge in [-0.15, -0.1) is 0 Å². The summed E-state index contributed by atoms with van der Waals surface area (Å²) < 4.78 is 0. The number of hydrogen-bond acceptors (Lipinski definition) is 4. The second-order valence-corrected chi connectivity index (χ2v) is 7.84. The van der Waals surface area contributed by atoms with Crippen LogP contribution < -0.4 is 5.32 Å². The van der Waals surface area contributed by atoms with Crippen LogP contribution in [0.5, 0.6) is 0 Å². The molecule has 0 aromatic heterocycles. The number of imide groups is 1. The molecular weight excluding hydrogens is 406 g/mol. The van der Waals surface area contributed by atoms with E-state index in [0.29, 0.717) is 29.1 Å². The predicted octanol–water partition coefficient (Wildman–Crippen LogP) is 2.37. The van der Waals surface area contributed by atoms with Gasteiger partial charge in [0.2, 0.25) is 5.91 Å². The van der Waals surface area contributed by atoms with Gasteiger partial charge in [-0.3, -0.25) is 24.1 Å². The lowest BCUT2D eigenvalue weighted by Crippen LogP contribution is -2.53. The summed E-state index contributed by atoms with van der Waals surface area (Å²) in [5.41, 5.74) is 2.59. The van der Waals surface area contributed by atoms with Gasteiger partial charge < -0.3 is 10.2 Å². The average molecular weight is 426 g/mol. The van der Waals surface area contributed by atoms with E-state index < -0.39 is 6.04 Å². The Morgan fingerprint density at radius 1 is 1.17 bits per heavy atom. The lowest BCUT2D eigenvalue weighted by molar-refractivity contribution is -0.150. The van der Waals surface area contributed by atoms with Gasteiger partial charge in [-0.1, -0.05) is 35.9 Å². The number of halogens is 1. The predicted molar refractivity (Wildman–Crippen MR) is 110 cm³/mol. The van der Waals surface area contributed by atoms with Gasteiger partial charge >= 0.3 is 0 Å². The van der Waals surface area contributed by atoms with E-state index in [1.807, 2.05) is 6.07 Å². The summed E-state index contributed by atoms with van der Waals surface area (Å²) in [7, 11) is 1.45. The summed E-state index contributed by atoms with van der Waals surface area (Å²) in [4.78, 5) is 52.0. The van der Waals surface area contributed by atoms with Gasteiger partial charge in [0.25, 0.3) is 17.7 Å². The fourth-order valence-electron chi connectivity index (χ4n) is 3.87. The molecule has 0 bridgehead atoms. The van der Waals surface area contributed by atoms with Crippen molar-refractivity contribution in [1.82, 2.24) is 15.1 Å². The monoisotopic (exact) mass is 425 g/mol. The van der Waals surface area contributed by atoms with Gasteiger partial charge in [0.05, 0.1) is 10.6 Å². The van der Waals surface area contributed by atoms with E-state index in [2.05, 4.69) is 5.32 Å². The zero-order valence-electron chi connectivity index (χ0n) is 16.4. The first-order valence-corrected chi connectivity index (χ1v) is 10.0. The fraction of sp³-hybridized carbons (Fsp3) is 0.273. The summed E-state index contributed by atoms with van der Waals surface area (Å²) in [5, 5.41) is 3.21. The van der Waals surface area contributed by atoms with Gasteiger partial charge in [0, 0.05) is 32.1 Å². The van der Waals surface area contributed by atoms with Crippen molar-refractivity contribution in [2.75, 3.05) is 7.05 Å². The molecule has 0 spiro atoms. The van der Waals surface area contributed by atoms with Crippen LogP contribution in [0.1, 0.15) is 44.7 Å². The van der Waals surface area contributed by atoms with E-state index in [0.717, 1.165) is 16.0 Å². The first-order chi connectivity index (χ1) is 14.4. The number of benzene rings is 2. The first kappa shape index (κ1) is 20.1. The molecule has 2 aliphatic heterocycles. The Kier molecular flexibility index (Phi) is 5.30. The lowest BCUT2D eigenvalue weighted by atomic mass is 10.0. The van der Waals surface area contributed by atoms with Gasteiger partial charge in [-0.2, -0.15) is 0 Å². The normalized spacial score (nSPS) is 18.6. The van der Waals surface area contributed by atoms with E-state index in [1.54, 1.807) is 36.4 Å². The second-order valence-electron chi connectivity index (χ2n) is 7.43. The standard InChI is InChI=1S/C22H20ClN3O4/c1-25-19(27)9-8-18(22(25)30)26-12-14-10-13(6-7-15(14)21(26)29)11-24-20(28)16-4-2-3-5-17(16)23/h2-7,10,18H,8-9,11-12H2,1H3,(H,24,28). The molecule has 1 N–H and O–H groups in total. The number of piperidine rings is 1. The number of likely N-dealkylation sites (N-methyl/N-ethyl adjacent to an activating group) is 1. The number of amides is 4. The topological polar surface area (TPSA) is 86.8 Å². The van der Waals surface area contributed by atoms with Crippen LogP contribution in [-0.2, 0) is 22.7 Å². The Morgan fingerprint density at radius 3 is 2.70 bits per heavy atom. The highest BCUT2D eigenvalue weighted by Gasteiger charge is 2.41. The highest BCUT2D eigenvalue weighted by atomic mass is 35.5. The summed E-state index contributed by atoms with van der Waals surface area (Å²) in [6.07, 6.45) is 0.578. The Hall–Kier alpha value is -3.19. The van der Waals surface area contributed by atoms with Crippen molar-refractivity contribution in [3.8, 4) is 0 Å². The van der Waals surface area contributed by atoms with Crippen LogP contribution in [0, 0.1) is 0 Å². The van der Waals surface area contributed by atoms with Crippen molar-refractivity contribution in [2.45, 2.75) is 32.0 Å². The molecule has 2 aromatic carbocycles. The number of nitrogens with zero attached hydrogens (tertiary/aromatic N) is 2. The number of carbonyl (C=O) groups is 4. The molecule has 4 rings (SSSR count). The fourth-order valence-corrected chi connectivity index (χ4v) is 4.09. The third kappa shape index (κ3) is 3.57. The first-order valence-electron chi connectivity index (χ1n) is 9.62. The van der Waals surface area contributed by atoms with E-state index >= 15 is 0 Å². The molecule has 2 aliphatic rings. The van der Waals surface area contributed by atoms with Crippen molar-refractivity contribution in [2.24, 2.45) is 0 Å². The molecule has 8 heteroatoms. The van der Waals surface area contributed by atoms with E-state index in [9.17, 15) is 19.2 Å². The molecule has 1 fully saturated rings. The highest BCUT2D eigenvalue weighted by Crippen LogP contribution is 2.29. The number of nitrogens with one attached hydrogen (secondary N) is 1. The van der Waals surface area contributed by atoms with Crippen LogP contribution in [0.25, 0.3) is 0 Å². The van der Waals surface area contributed by atoms with Crippen molar-refractivity contribution in [3.63, 3.8) is 0 Å². The second kappa shape index (κ2) is 7.91. The van der Waals surface area contributed by atoms with E-state index in [1.165, 1.54) is 11.9 Å². The molecule has 154 valence electrons. The van der Waals surface area contributed by atoms with Gasteiger partial charge in [0.1, 0.15) is 6.04 Å². The van der Waals surface area contributed by atoms with Gasteiger partial charge in [0.15, 0.2) is 0 Å². The summed E-state index contributed by atoms with van der Waals surface area (Å²) in [6, 6.07) is 11.5. The van der Waals surface area contributed by atoms with Crippen LogP contribution in [0.2, 0.25) is 5.02 Å². The van der Waals surface area contributed by atoms with Crippen molar-refractivity contribution in [3.05, 3.63) is 69.7 Å². The molecule has 30 heavy (non-hydrogen) atoms. The van der Waals surface area contributed by atoms with Crippen LogP contribution in [-0.4, -0.2) is 46.5 Å². The molecule has 1 unspecified atom stereocenters. The average Bonchev–Trinajstić information content (AvgIpc) is 3.06. The zero-order chi connectivity index (χ0) is 21.4. The molecule has 0 aliphatic carbocycles. The van der Waals surface area contributed by atoms with Crippen LogP contribution in [0.15, 0.2) is 42.5 Å². The Labute approximate surface area is 178 Å². The zero-order valence-corrected chi connectivity index (χ0v) is 17.1. The minimum atomic E-state index is -0.629. The van der Waals surface area contributed by atoms with Crippen LogP contribution >= 0.6 is 11.6 Å². The molecule has 2 aromatic rings. The van der Waals surface area contributed by atoms with Crippen molar-refractivity contribution in [1.29, 1.82) is 0 Å². The molecule has 0 radical (unpaired) electrons. The minimum absolute atomic E-state index is 0.210. The maximum Gasteiger partial charge on any atom is 0.255 e. The smallest absolute Gasteiger partial charge is 0.255 e. The largest absolute Gasteiger partial charge is 0.348 e. The quantitative estimate of drug-likeness (QED) is 0.762. The Balaban J connectivity index is 1.46. The highest BCUT2D eigenvalue weighted by molar-refractivity contribution is 6.33. The van der Waals surface area contributed by atoms with E-state index in [-0.39, 0.29) is 36.6 Å². The van der Waals surface area contributed by atoms with Crippen LogP contribution in [0.4, 0.5) is 0 Å². The molecule has 1 atom stereocenters. The number of rotatable bonds is 4. The number of carbonyl (C=O) groups excluding carboxylic acids is 4. The minimum Gasteiger partial charge on any atom is -0.348 e. The molecule has 1 saturated heterocycles. The molecule has 2 heterocycles. The molecule has 0 saturated carbocycles. The van der Waals surface area contributed by atoms with Crippen molar-refractivity contribution >= 4 is 35.2 Å². The molecular formula is C22H20ClN3O4. The number of fused-ring (bicyclic) bond motifs is 1. The maximum absolute atomic E-state index is 12.8. The summed E-state index contributed by atoms with van der Waals surface area (Å²) in [5.74, 6) is -1.06. The van der Waals surface area contributed by atoms with Gasteiger partial charge in [-0.05, 0) is 35.7 Å². The maximum atomic E-state index is 12.8. The van der Waals surface area contributed by atoms with E-state index in [4.69, 9.17) is 11.6 Å². The lowest BCUT2D eigenvalue weighted by Gasteiger charge is -2.33. The SMILES string of the molecule is CN1C(=O)CCC(N2Cc3cc(CNC(=O)c4ccccc4Cl)ccc3C2=O)C1=O.